The molecule has 1 aromatic carbocycles. The Balaban J connectivity index is 1.37. The van der Waals surface area contributed by atoms with Gasteiger partial charge in [0.25, 0.3) is 0 Å². The number of likely N-dealkylation sites (N-methyl/N-ethyl adjacent to an activating group) is 1. The largest absolute Gasteiger partial charge is 0.343 e. The number of imidazole rings is 1. The first-order chi connectivity index (χ1) is 14.0. The summed E-state index contributed by atoms with van der Waals surface area (Å²) >= 11 is 6.11. The van der Waals surface area contributed by atoms with Gasteiger partial charge in [0.2, 0.25) is 5.95 Å². The van der Waals surface area contributed by atoms with Gasteiger partial charge in [0, 0.05) is 43.2 Å². The Morgan fingerprint density at radius 1 is 1.17 bits per heavy atom. The molecule has 1 aliphatic heterocycles. The highest BCUT2D eigenvalue weighted by Crippen LogP contribution is 2.47. The van der Waals surface area contributed by atoms with Crippen LogP contribution in [0.4, 0.5) is 16.6 Å². The molecule has 2 fully saturated rings. The van der Waals surface area contributed by atoms with Crippen molar-refractivity contribution in [3.63, 3.8) is 0 Å². The van der Waals surface area contributed by atoms with Gasteiger partial charge in [-0.2, -0.15) is 4.98 Å². The van der Waals surface area contributed by atoms with Crippen LogP contribution in [0.5, 0.6) is 0 Å². The number of amides is 2. The van der Waals surface area contributed by atoms with Crippen molar-refractivity contribution in [1.82, 2.24) is 24.4 Å². The van der Waals surface area contributed by atoms with Crippen LogP contribution in [0.15, 0.2) is 49.1 Å². The van der Waals surface area contributed by atoms with E-state index < -0.39 is 0 Å². The highest BCUT2D eigenvalue weighted by molar-refractivity contribution is 6.30. The van der Waals surface area contributed by atoms with E-state index >= 15 is 0 Å². The van der Waals surface area contributed by atoms with Gasteiger partial charge in [0.1, 0.15) is 5.82 Å². The van der Waals surface area contributed by atoms with Crippen LogP contribution in [-0.4, -0.2) is 50.6 Å². The monoisotopic (exact) mass is 409 g/mol. The lowest BCUT2D eigenvalue weighted by atomic mass is 10.2. The molecule has 0 radical (unpaired) electrons. The van der Waals surface area contributed by atoms with Gasteiger partial charge >= 0.3 is 6.03 Å². The first-order valence-corrected chi connectivity index (χ1v) is 9.86. The molecular weight excluding hydrogens is 390 g/mol. The molecule has 5 rings (SSSR count). The van der Waals surface area contributed by atoms with Crippen molar-refractivity contribution in [1.29, 1.82) is 0 Å². The Hall–Kier alpha value is -3.13. The number of urea groups is 1. The highest BCUT2D eigenvalue weighted by atomic mass is 35.5. The lowest BCUT2D eigenvalue weighted by Crippen LogP contribution is -2.30. The van der Waals surface area contributed by atoms with Crippen molar-refractivity contribution in [2.45, 2.75) is 18.4 Å². The Bertz CT molecular complexity index is 1080. The fraction of sp³-hybridized carbons (Fsp3) is 0.300. The Kier molecular flexibility index (Phi) is 4.16. The van der Waals surface area contributed by atoms with Crippen molar-refractivity contribution in [2.75, 3.05) is 30.4 Å². The predicted octanol–water partition coefficient (Wildman–Crippen LogP) is 3.29. The van der Waals surface area contributed by atoms with Crippen LogP contribution in [0.1, 0.15) is 18.5 Å². The molecule has 2 aliphatic rings. The minimum absolute atomic E-state index is 0.0453. The third kappa shape index (κ3) is 3.29. The molecule has 1 N–H and O–H groups in total. The molecule has 1 saturated carbocycles. The number of hydrogen-bond donors (Lipinski definition) is 1. The van der Waals surface area contributed by atoms with Crippen molar-refractivity contribution >= 4 is 29.4 Å². The average molecular weight is 410 g/mol. The van der Waals surface area contributed by atoms with Gasteiger partial charge in [0.15, 0.2) is 0 Å². The number of carbonyl (C=O) groups excluding carboxylic acids is 1. The number of nitrogens with one attached hydrogen (secondary N) is 1. The fourth-order valence-electron chi connectivity index (χ4n) is 3.55. The third-order valence-corrected chi connectivity index (χ3v) is 5.65. The average Bonchev–Trinajstić information content (AvgIpc) is 3.17. The lowest BCUT2D eigenvalue weighted by molar-refractivity contribution is 0.229. The zero-order valence-corrected chi connectivity index (χ0v) is 16.7. The summed E-state index contributed by atoms with van der Waals surface area (Å²) in [4.78, 5) is 29.1. The summed E-state index contributed by atoms with van der Waals surface area (Å²) in [5, 5.41) is 4.12. The maximum absolute atomic E-state index is 12.2. The molecule has 3 aromatic rings. The second kappa shape index (κ2) is 6.73. The van der Waals surface area contributed by atoms with Gasteiger partial charge in [0.05, 0.1) is 17.6 Å². The van der Waals surface area contributed by atoms with E-state index in [1.165, 1.54) is 0 Å². The van der Waals surface area contributed by atoms with E-state index in [9.17, 15) is 4.79 Å². The summed E-state index contributed by atoms with van der Waals surface area (Å²) in [5.74, 6) is 1.11. The quantitative estimate of drug-likeness (QED) is 0.699. The van der Waals surface area contributed by atoms with Crippen LogP contribution in [0.3, 0.4) is 0 Å². The van der Waals surface area contributed by atoms with Gasteiger partial charge < -0.3 is 14.8 Å². The van der Waals surface area contributed by atoms with Gasteiger partial charge in [-0.3, -0.25) is 4.90 Å². The number of hydrogen-bond acceptors (Lipinski definition) is 5. The van der Waals surface area contributed by atoms with E-state index in [4.69, 9.17) is 11.6 Å². The topological polar surface area (TPSA) is 79.2 Å². The molecule has 2 aromatic heterocycles. The van der Waals surface area contributed by atoms with Crippen molar-refractivity contribution in [2.24, 2.45) is 0 Å². The van der Waals surface area contributed by atoms with E-state index in [1.807, 2.05) is 35.0 Å². The molecular formula is C20H20ClN7O. The SMILES string of the molecule is CN1CCN(c2ccnc(NC3(c4cn(-c5cccc(Cl)c5)cn4)CC3)n2)C1=O. The third-order valence-electron chi connectivity index (χ3n) is 5.41. The number of aromatic nitrogens is 4. The molecule has 0 atom stereocenters. The molecule has 148 valence electrons. The summed E-state index contributed by atoms with van der Waals surface area (Å²) in [7, 11) is 1.79. The van der Waals surface area contributed by atoms with E-state index in [1.54, 1.807) is 35.4 Å². The van der Waals surface area contributed by atoms with Gasteiger partial charge in [-0.05, 0) is 37.1 Å². The number of benzene rings is 1. The van der Waals surface area contributed by atoms with Gasteiger partial charge in [-0.15, -0.1) is 0 Å². The standard InChI is InChI=1S/C20H20ClN7O/c1-26-9-10-28(19(26)29)17-5-8-22-18(24-17)25-20(6-7-20)16-12-27(13-23-16)15-4-2-3-14(21)11-15/h2-5,8,11-13H,6-7,9-10H2,1H3,(H,22,24,25). The Morgan fingerprint density at radius 2 is 2.03 bits per heavy atom. The van der Waals surface area contributed by atoms with Crippen LogP contribution in [0.25, 0.3) is 5.69 Å². The highest BCUT2D eigenvalue weighted by Gasteiger charge is 2.47. The van der Waals surface area contributed by atoms with Crippen LogP contribution in [0, 0.1) is 0 Å². The molecule has 0 bridgehead atoms. The Morgan fingerprint density at radius 3 is 2.76 bits per heavy atom. The number of carbonyl (C=O) groups is 1. The zero-order valence-electron chi connectivity index (χ0n) is 15.9. The number of rotatable bonds is 5. The van der Waals surface area contributed by atoms with E-state index in [0.29, 0.717) is 29.9 Å². The molecule has 1 aliphatic carbocycles. The van der Waals surface area contributed by atoms with E-state index in [-0.39, 0.29) is 11.6 Å². The summed E-state index contributed by atoms with van der Waals surface area (Å²) < 4.78 is 1.96. The molecule has 2 amide bonds. The van der Waals surface area contributed by atoms with E-state index in [2.05, 4.69) is 20.3 Å². The molecule has 3 heterocycles. The second-order valence-corrected chi connectivity index (χ2v) is 7.88. The smallest absolute Gasteiger partial charge is 0.325 e. The summed E-state index contributed by atoms with van der Waals surface area (Å²) in [6.07, 6.45) is 7.36. The predicted molar refractivity (Wildman–Crippen MR) is 111 cm³/mol. The van der Waals surface area contributed by atoms with Crippen molar-refractivity contribution < 1.29 is 4.79 Å². The fourth-order valence-corrected chi connectivity index (χ4v) is 3.74. The maximum Gasteiger partial charge on any atom is 0.325 e. The lowest BCUT2D eigenvalue weighted by Gasteiger charge is -2.18. The molecule has 29 heavy (non-hydrogen) atoms. The summed E-state index contributed by atoms with van der Waals surface area (Å²) in [6, 6.07) is 9.36. The number of nitrogens with zero attached hydrogens (tertiary/aromatic N) is 6. The molecule has 8 nitrogen and oxygen atoms in total. The molecule has 0 spiro atoms. The second-order valence-electron chi connectivity index (χ2n) is 7.45. The van der Waals surface area contributed by atoms with E-state index in [0.717, 1.165) is 24.2 Å². The number of anilines is 2. The van der Waals surface area contributed by atoms with Gasteiger partial charge in [-0.25, -0.2) is 14.8 Å². The van der Waals surface area contributed by atoms with Crippen LogP contribution < -0.4 is 10.2 Å². The van der Waals surface area contributed by atoms with Gasteiger partial charge in [-0.1, -0.05) is 17.7 Å². The van der Waals surface area contributed by atoms with Crippen LogP contribution >= 0.6 is 11.6 Å². The zero-order chi connectivity index (χ0) is 20.0. The van der Waals surface area contributed by atoms with Crippen LogP contribution in [0.2, 0.25) is 5.02 Å². The molecule has 9 heteroatoms. The van der Waals surface area contributed by atoms with Crippen molar-refractivity contribution in [3.05, 3.63) is 59.8 Å². The maximum atomic E-state index is 12.2. The number of halogens is 1. The summed E-state index contributed by atoms with van der Waals surface area (Å²) in [6.45, 7) is 1.32. The first kappa shape index (κ1) is 17.9. The normalized spacial score (nSPS) is 17.7. The minimum atomic E-state index is -0.283. The molecule has 1 saturated heterocycles. The van der Waals surface area contributed by atoms with Crippen LogP contribution in [-0.2, 0) is 5.54 Å². The molecule has 0 unspecified atom stereocenters. The minimum Gasteiger partial charge on any atom is -0.343 e. The van der Waals surface area contributed by atoms with Crippen molar-refractivity contribution in [3.8, 4) is 5.69 Å². The summed E-state index contributed by atoms with van der Waals surface area (Å²) in [5.41, 5.74) is 1.61. The Labute approximate surface area is 173 Å². The first-order valence-electron chi connectivity index (χ1n) is 9.48.